The fourth-order valence-corrected chi connectivity index (χ4v) is 2.73. The van der Waals surface area contributed by atoms with E-state index in [-0.39, 0.29) is 5.97 Å². The summed E-state index contributed by atoms with van der Waals surface area (Å²) in [4.78, 5) is 24.0. The lowest BCUT2D eigenvalue weighted by molar-refractivity contribution is -0.154. The molecule has 0 atom stereocenters. The van der Waals surface area contributed by atoms with Crippen molar-refractivity contribution in [2.24, 2.45) is 0 Å². The number of carbonyl (C=O) groups excluding carboxylic acids is 1. The molecule has 2 heterocycles. The Morgan fingerprint density at radius 1 is 1.20 bits per heavy atom. The van der Waals surface area contributed by atoms with Gasteiger partial charge in [-0.25, -0.2) is 9.97 Å². The van der Waals surface area contributed by atoms with E-state index in [1.165, 1.54) is 0 Å². The van der Waals surface area contributed by atoms with E-state index in [9.17, 15) is 4.79 Å². The van der Waals surface area contributed by atoms with Gasteiger partial charge >= 0.3 is 5.97 Å². The van der Waals surface area contributed by atoms with Crippen LogP contribution in [0.3, 0.4) is 0 Å². The van der Waals surface area contributed by atoms with Crippen molar-refractivity contribution in [2.75, 3.05) is 0 Å². The lowest BCUT2D eigenvalue weighted by atomic mass is 10.2. The maximum atomic E-state index is 11.9. The summed E-state index contributed by atoms with van der Waals surface area (Å²) in [6.07, 6.45) is 0.822. The number of hydrogen-bond acceptors (Lipinski definition) is 4. The topological polar surface area (TPSA) is 67.9 Å². The van der Waals surface area contributed by atoms with Gasteiger partial charge in [-0.1, -0.05) is 41.9 Å². The number of ether oxygens (including phenoxy) is 1. The molecule has 25 heavy (non-hydrogen) atoms. The predicted octanol–water partition coefficient (Wildman–Crippen LogP) is 4.55. The molecule has 0 amide bonds. The number of halogens is 1. The minimum atomic E-state index is -0.475. The Morgan fingerprint density at radius 2 is 1.92 bits per heavy atom. The van der Waals surface area contributed by atoms with Crippen LogP contribution in [0.2, 0.25) is 5.15 Å². The fourth-order valence-electron chi connectivity index (χ4n) is 2.51. The van der Waals surface area contributed by atoms with Crippen LogP contribution in [0.4, 0.5) is 0 Å². The number of benzene rings is 1. The van der Waals surface area contributed by atoms with Crippen molar-refractivity contribution in [3.05, 3.63) is 47.2 Å². The SMILES string of the molecule is CC(C)(C)OC(=O)CCc1cc2c(Cl)nc(-c3ccccc3)nc2[nH]1. The van der Waals surface area contributed by atoms with Crippen LogP contribution in [-0.4, -0.2) is 26.5 Å². The number of aromatic amines is 1. The first-order chi connectivity index (χ1) is 11.8. The summed E-state index contributed by atoms with van der Waals surface area (Å²) in [5.74, 6) is 0.340. The van der Waals surface area contributed by atoms with Gasteiger partial charge in [0.05, 0.1) is 11.8 Å². The highest BCUT2D eigenvalue weighted by Gasteiger charge is 2.17. The second-order valence-electron chi connectivity index (χ2n) is 6.85. The summed E-state index contributed by atoms with van der Waals surface area (Å²) in [5, 5.41) is 1.14. The van der Waals surface area contributed by atoms with Crippen molar-refractivity contribution < 1.29 is 9.53 Å². The standard InChI is InChI=1S/C19H20ClN3O2/c1-19(2,3)25-15(24)10-9-13-11-14-16(20)22-17(23-18(14)21-13)12-7-5-4-6-8-12/h4-8,11H,9-10H2,1-3H3,(H,21,22,23). The molecule has 5 nitrogen and oxygen atoms in total. The molecule has 0 unspecified atom stereocenters. The zero-order chi connectivity index (χ0) is 18.0. The van der Waals surface area contributed by atoms with Crippen molar-refractivity contribution in [1.29, 1.82) is 0 Å². The molecule has 0 radical (unpaired) electrons. The van der Waals surface area contributed by atoms with E-state index >= 15 is 0 Å². The van der Waals surface area contributed by atoms with Crippen molar-refractivity contribution in [3.8, 4) is 11.4 Å². The van der Waals surface area contributed by atoms with E-state index < -0.39 is 5.60 Å². The molecule has 130 valence electrons. The average molecular weight is 358 g/mol. The molecule has 0 aliphatic rings. The van der Waals surface area contributed by atoms with Crippen molar-refractivity contribution >= 4 is 28.6 Å². The zero-order valence-corrected chi connectivity index (χ0v) is 15.2. The van der Waals surface area contributed by atoms with E-state index in [2.05, 4.69) is 15.0 Å². The Bertz CT molecular complexity index is 898. The van der Waals surface area contributed by atoms with Gasteiger partial charge in [-0.3, -0.25) is 4.79 Å². The van der Waals surface area contributed by atoms with Gasteiger partial charge in [0.2, 0.25) is 0 Å². The van der Waals surface area contributed by atoms with Crippen LogP contribution in [0, 0.1) is 0 Å². The molecule has 1 aromatic carbocycles. The van der Waals surface area contributed by atoms with Crippen molar-refractivity contribution in [3.63, 3.8) is 0 Å². The Balaban J connectivity index is 1.80. The van der Waals surface area contributed by atoms with E-state index in [4.69, 9.17) is 16.3 Å². The molecule has 0 spiro atoms. The Hall–Kier alpha value is -2.40. The van der Waals surface area contributed by atoms with Gasteiger partial charge in [0.1, 0.15) is 16.4 Å². The highest BCUT2D eigenvalue weighted by Crippen LogP contribution is 2.26. The summed E-state index contributed by atoms with van der Waals surface area (Å²) in [6, 6.07) is 11.5. The highest BCUT2D eigenvalue weighted by atomic mass is 35.5. The Morgan fingerprint density at radius 3 is 2.60 bits per heavy atom. The molecule has 6 heteroatoms. The first-order valence-electron chi connectivity index (χ1n) is 8.14. The number of H-pyrrole nitrogens is 1. The summed E-state index contributed by atoms with van der Waals surface area (Å²) in [5.41, 5.74) is 1.97. The number of rotatable bonds is 4. The molecule has 0 fully saturated rings. The van der Waals surface area contributed by atoms with Gasteiger partial charge in [-0.15, -0.1) is 0 Å². The molecule has 3 rings (SSSR count). The summed E-state index contributed by atoms with van der Waals surface area (Å²) in [6.45, 7) is 5.57. The minimum Gasteiger partial charge on any atom is -0.460 e. The smallest absolute Gasteiger partial charge is 0.306 e. The maximum Gasteiger partial charge on any atom is 0.306 e. The van der Waals surface area contributed by atoms with Crippen LogP contribution in [0.5, 0.6) is 0 Å². The van der Waals surface area contributed by atoms with Gasteiger partial charge < -0.3 is 9.72 Å². The van der Waals surface area contributed by atoms with Crippen molar-refractivity contribution in [2.45, 2.75) is 39.2 Å². The van der Waals surface area contributed by atoms with Gasteiger partial charge in [0.15, 0.2) is 5.82 Å². The fraction of sp³-hybridized carbons (Fsp3) is 0.316. The van der Waals surface area contributed by atoms with Gasteiger partial charge in [-0.05, 0) is 33.3 Å². The first kappa shape index (κ1) is 17.4. The van der Waals surface area contributed by atoms with Crippen LogP contribution < -0.4 is 0 Å². The summed E-state index contributed by atoms with van der Waals surface area (Å²) < 4.78 is 5.33. The quantitative estimate of drug-likeness (QED) is 0.549. The van der Waals surface area contributed by atoms with Crippen LogP contribution in [0.15, 0.2) is 36.4 Å². The first-order valence-corrected chi connectivity index (χ1v) is 8.52. The molecule has 0 saturated carbocycles. The molecule has 3 aromatic rings. The number of aryl methyl sites for hydroxylation is 1. The predicted molar refractivity (Wildman–Crippen MR) is 98.5 cm³/mol. The average Bonchev–Trinajstić information content (AvgIpc) is 2.96. The lowest BCUT2D eigenvalue weighted by Crippen LogP contribution is -2.24. The number of aromatic nitrogens is 3. The van der Waals surface area contributed by atoms with E-state index in [0.717, 1.165) is 16.6 Å². The summed E-state index contributed by atoms with van der Waals surface area (Å²) >= 11 is 6.31. The number of hydrogen-bond donors (Lipinski definition) is 1. The molecule has 0 saturated heterocycles. The van der Waals surface area contributed by atoms with Gasteiger partial charge in [0.25, 0.3) is 0 Å². The van der Waals surface area contributed by atoms with E-state index in [0.29, 0.717) is 29.5 Å². The Kier molecular flexibility index (Phi) is 4.77. The highest BCUT2D eigenvalue weighted by molar-refractivity contribution is 6.34. The maximum absolute atomic E-state index is 11.9. The number of nitrogens with zero attached hydrogens (tertiary/aromatic N) is 2. The molecule has 1 N–H and O–H groups in total. The monoisotopic (exact) mass is 357 g/mol. The van der Waals surface area contributed by atoms with Crippen molar-refractivity contribution in [1.82, 2.24) is 15.0 Å². The molecule has 0 aliphatic heterocycles. The second-order valence-corrected chi connectivity index (χ2v) is 7.21. The second kappa shape index (κ2) is 6.84. The molecule has 0 bridgehead atoms. The largest absolute Gasteiger partial charge is 0.460 e. The minimum absolute atomic E-state index is 0.228. The van der Waals surface area contributed by atoms with Crippen LogP contribution in [0.25, 0.3) is 22.4 Å². The molecule has 0 aliphatic carbocycles. The zero-order valence-electron chi connectivity index (χ0n) is 14.5. The Labute approximate surface area is 151 Å². The van der Waals surface area contributed by atoms with Crippen LogP contribution in [-0.2, 0) is 16.0 Å². The molecular weight excluding hydrogens is 338 g/mol. The number of carbonyl (C=O) groups is 1. The number of esters is 1. The van der Waals surface area contributed by atoms with Crippen LogP contribution in [0.1, 0.15) is 32.9 Å². The molecule has 2 aromatic heterocycles. The summed E-state index contributed by atoms with van der Waals surface area (Å²) in [7, 11) is 0. The van der Waals surface area contributed by atoms with Gasteiger partial charge in [0, 0.05) is 11.3 Å². The third-order valence-electron chi connectivity index (χ3n) is 3.55. The van der Waals surface area contributed by atoms with Crippen LogP contribution >= 0.6 is 11.6 Å². The van der Waals surface area contributed by atoms with E-state index in [1.54, 1.807) is 0 Å². The molecular formula is C19H20ClN3O2. The number of fused-ring (bicyclic) bond motifs is 1. The van der Waals surface area contributed by atoms with E-state index in [1.807, 2.05) is 57.2 Å². The third-order valence-corrected chi connectivity index (χ3v) is 3.84. The third kappa shape index (κ3) is 4.37. The normalized spacial score (nSPS) is 11.7. The van der Waals surface area contributed by atoms with Gasteiger partial charge in [-0.2, -0.15) is 0 Å². The number of nitrogens with one attached hydrogen (secondary N) is 1. The lowest BCUT2D eigenvalue weighted by Gasteiger charge is -2.19.